The second-order valence-corrected chi connectivity index (χ2v) is 5.19. The highest BCUT2D eigenvalue weighted by molar-refractivity contribution is 9.11. The number of hydrogen-bond donors (Lipinski definition) is 1. The number of anilines is 2. The van der Waals surface area contributed by atoms with Gasteiger partial charge in [0.05, 0.1) is 4.47 Å². The van der Waals surface area contributed by atoms with E-state index in [1.807, 2.05) is 24.3 Å². The minimum atomic E-state index is 0.817. The van der Waals surface area contributed by atoms with Crippen LogP contribution in [0.4, 0.5) is 11.5 Å². The number of rotatable bonds is 2. The number of aryl methyl sites for hydroxylation is 1. The SMILES string of the molecule is Cc1ccccc1Nc1ncc(Br)cc1Br. The van der Waals surface area contributed by atoms with Crippen molar-refractivity contribution in [1.82, 2.24) is 4.98 Å². The summed E-state index contributed by atoms with van der Waals surface area (Å²) in [6.45, 7) is 2.06. The van der Waals surface area contributed by atoms with E-state index in [4.69, 9.17) is 0 Å². The number of halogens is 2. The summed E-state index contributed by atoms with van der Waals surface area (Å²) >= 11 is 6.85. The predicted molar refractivity (Wildman–Crippen MR) is 74.1 cm³/mol. The van der Waals surface area contributed by atoms with Crippen LogP contribution in [0.2, 0.25) is 0 Å². The van der Waals surface area contributed by atoms with Gasteiger partial charge in [-0.05, 0) is 56.5 Å². The van der Waals surface area contributed by atoms with Gasteiger partial charge >= 0.3 is 0 Å². The minimum absolute atomic E-state index is 0.817. The summed E-state index contributed by atoms with van der Waals surface area (Å²) < 4.78 is 1.89. The lowest BCUT2D eigenvalue weighted by Crippen LogP contribution is -1.96. The van der Waals surface area contributed by atoms with E-state index in [0.717, 1.165) is 20.5 Å². The number of pyridine rings is 1. The van der Waals surface area contributed by atoms with Crippen LogP contribution in [0.1, 0.15) is 5.56 Å². The number of nitrogens with zero attached hydrogens (tertiary/aromatic N) is 1. The van der Waals surface area contributed by atoms with E-state index in [1.165, 1.54) is 5.56 Å². The maximum atomic E-state index is 4.31. The molecule has 0 bridgehead atoms. The Morgan fingerprint density at radius 2 is 1.94 bits per heavy atom. The zero-order valence-electron chi connectivity index (χ0n) is 8.67. The van der Waals surface area contributed by atoms with Gasteiger partial charge in [-0.1, -0.05) is 18.2 Å². The molecule has 16 heavy (non-hydrogen) atoms. The monoisotopic (exact) mass is 340 g/mol. The van der Waals surface area contributed by atoms with Gasteiger partial charge in [0.15, 0.2) is 0 Å². The van der Waals surface area contributed by atoms with Crippen molar-refractivity contribution >= 4 is 43.4 Å². The zero-order valence-corrected chi connectivity index (χ0v) is 11.8. The van der Waals surface area contributed by atoms with Gasteiger partial charge in [0.1, 0.15) is 5.82 Å². The molecule has 2 rings (SSSR count). The van der Waals surface area contributed by atoms with Crippen molar-refractivity contribution in [2.45, 2.75) is 6.92 Å². The average Bonchev–Trinajstić information content (AvgIpc) is 2.25. The Bertz CT molecular complexity index is 512. The molecule has 0 aliphatic carbocycles. The second kappa shape index (κ2) is 4.97. The Morgan fingerprint density at radius 3 is 2.62 bits per heavy atom. The van der Waals surface area contributed by atoms with Crippen molar-refractivity contribution in [3.05, 3.63) is 51.0 Å². The highest BCUT2D eigenvalue weighted by atomic mass is 79.9. The van der Waals surface area contributed by atoms with E-state index in [1.54, 1.807) is 6.20 Å². The fraction of sp³-hybridized carbons (Fsp3) is 0.0833. The van der Waals surface area contributed by atoms with Crippen LogP contribution in [-0.4, -0.2) is 4.98 Å². The Kier molecular flexibility index (Phi) is 3.61. The third kappa shape index (κ3) is 2.62. The molecule has 0 unspecified atom stereocenters. The Morgan fingerprint density at radius 1 is 1.19 bits per heavy atom. The molecule has 0 radical (unpaired) electrons. The molecule has 4 heteroatoms. The molecule has 0 spiro atoms. The van der Waals surface area contributed by atoms with Gasteiger partial charge in [-0.15, -0.1) is 0 Å². The molecule has 0 fully saturated rings. The van der Waals surface area contributed by atoms with Crippen molar-refractivity contribution in [1.29, 1.82) is 0 Å². The summed E-state index contributed by atoms with van der Waals surface area (Å²) in [6.07, 6.45) is 1.77. The number of benzene rings is 1. The lowest BCUT2D eigenvalue weighted by atomic mass is 10.2. The van der Waals surface area contributed by atoms with E-state index < -0.39 is 0 Å². The molecule has 2 aromatic rings. The van der Waals surface area contributed by atoms with E-state index in [9.17, 15) is 0 Å². The van der Waals surface area contributed by atoms with Gasteiger partial charge in [0, 0.05) is 16.4 Å². The summed E-state index contributed by atoms with van der Waals surface area (Å²) in [4.78, 5) is 4.31. The maximum absolute atomic E-state index is 4.31. The molecule has 0 amide bonds. The second-order valence-electron chi connectivity index (χ2n) is 3.42. The zero-order chi connectivity index (χ0) is 11.5. The van der Waals surface area contributed by atoms with Crippen LogP contribution >= 0.6 is 31.9 Å². The van der Waals surface area contributed by atoms with Crippen LogP contribution in [-0.2, 0) is 0 Å². The van der Waals surface area contributed by atoms with Gasteiger partial charge in [-0.2, -0.15) is 0 Å². The standard InChI is InChI=1S/C12H10Br2N2/c1-8-4-2-3-5-11(8)16-12-10(14)6-9(13)7-15-12/h2-7H,1H3,(H,15,16). The highest BCUT2D eigenvalue weighted by Crippen LogP contribution is 2.27. The Hall–Kier alpha value is -0.870. The molecule has 0 atom stereocenters. The highest BCUT2D eigenvalue weighted by Gasteiger charge is 2.03. The van der Waals surface area contributed by atoms with Crippen molar-refractivity contribution < 1.29 is 0 Å². The van der Waals surface area contributed by atoms with Crippen molar-refractivity contribution in [2.24, 2.45) is 0 Å². The van der Waals surface area contributed by atoms with Gasteiger partial charge < -0.3 is 5.32 Å². The third-order valence-electron chi connectivity index (χ3n) is 2.21. The minimum Gasteiger partial charge on any atom is -0.339 e. The van der Waals surface area contributed by atoms with Crippen molar-refractivity contribution in [3.63, 3.8) is 0 Å². The van der Waals surface area contributed by atoms with Crippen LogP contribution in [0.3, 0.4) is 0 Å². The van der Waals surface area contributed by atoms with E-state index in [0.29, 0.717) is 0 Å². The molecule has 0 saturated heterocycles. The van der Waals surface area contributed by atoms with Crippen molar-refractivity contribution in [2.75, 3.05) is 5.32 Å². The van der Waals surface area contributed by atoms with Crippen LogP contribution in [0, 0.1) is 6.92 Å². The molecule has 1 aromatic carbocycles. The van der Waals surface area contributed by atoms with E-state index in [2.05, 4.69) is 55.2 Å². The number of para-hydroxylation sites is 1. The largest absolute Gasteiger partial charge is 0.339 e. The summed E-state index contributed by atoms with van der Waals surface area (Å²) in [5.74, 6) is 0.817. The first-order chi connectivity index (χ1) is 7.66. The summed E-state index contributed by atoms with van der Waals surface area (Å²) in [7, 11) is 0. The first kappa shape index (κ1) is 11.6. The first-order valence-corrected chi connectivity index (χ1v) is 6.39. The van der Waals surface area contributed by atoms with Gasteiger partial charge in [-0.3, -0.25) is 0 Å². The molecule has 0 aliphatic rings. The normalized spacial score (nSPS) is 10.2. The fourth-order valence-corrected chi connectivity index (χ4v) is 2.43. The van der Waals surface area contributed by atoms with Crippen molar-refractivity contribution in [3.8, 4) is 0 Å². The fourth-order valence-electron chi connectivity index (χ4n) is 1.35. The first-order valence-electron chi connectivity index (χ1n) is 4.80. The maximum Gasteiger partial charge on any atom is 0.144 e. The van der Waals surface area contributed by atoms with Gasteiger partial charge in [0.25, 0.3) is 0 Å². The van der Waals surface area contributed by atoms with Crippen LogP contribution in [0.15, 0.2) is 45.5 Å². The Labute approximate surface area is 111 Å². The average molecular weight is 342 g/mol. The van der Waals surface area contributed by atoms with Crippen LogP contribution in [0.5, 0.6) is 0 Å². The van der Waals surface area contributed by atoms with Gasteiger partial charge in [-0.25, -0.2) is 4.98 Å². The van der Waals surface area contributed by atoms with Gasteiger partial charge in [0.2, 0.25) is 0 Å². The number of aromatic nitrogens is 1. The van der Waals surface area contributed by atoms with Crippen LogP contribution < -0.4 is 5.32 Å². The molecule has 0 saturated carbocycles. The summed E-state index contributed by atoms with van der Waals surface area (Å²) in [5.41, 5.74) is 2.26. The molecule has 1 aromatic heterocycles. The molecular formula is C12H10Br2N2. The molecule has 2 nitrogen and oxygen atoms in total. The number of hydrogen-bond acceptors (Lipinski definition) is 2. The summed E-state index contributed by atoms with van der Waals surface area (Å²) in [6, 6.07) is 10.1. The van der Waals surface area contributed by atoms with Crippen LogP contribution in [0.25, 0.3) is 0 Å². The molecule has 1 heterocycles. The Balaban J connectivity index is 2.31. The smallest absolute Gasteiger partial charge is 0.144 e. The third-order valence-corrected chi connectivity index (χ3v) is 3.24. The molecule has 0 aliphatic heterocycles. The molecular weight excluding hydrogens is 332 g/mol. The number of nitrogens with one attached hydrogen (secondary N) is 1. The lowest BCUT2D eigenvalue weighted by molar-refractivity contribution is 1.27. The van der Waals surface area contributed by atoms with E-state index in [-0.39, 0.29) is 0 Å². The predicted octanol–water partition coefficient (Wildman–Crippen LogP) is 4.66. The quantitative estimate of drug-likeness (QED) is 0.859. The topological polar surface area (TPSA) is 24.9 Å². The molecule has 1 N–H and O–H groups in total. The molecule has 82 valence electrons. The summed E-state index contributed by atoms with van der Waals surface area (Å²) in [5, 5.41) is 3.29. The van der Waals surface area contributed by atoms with E-state index >= 15 is 0 Å². The lowest BCUT2D eigenvalue weighted by Gasteiger charge is -2.09.